The molecular formula is C10H8N2OS. The van der Waals surface area contributed by atoms with Crippen molar-refractivity contribution in [1.82, 2.24) is 0 Å². The van der Waals surface area contributed by atoms with Crippen molar-refractivity contribution >= 4 is 23.4 Å². The van der Waals surface area contributed by atoms with Crippen LogP contribution >= 0.6 is 11.8 Å². The molecule has 1 N–H and O–H groups in total. The van der Waals surface area contributed by atoms with Crippen LogP contribution in [0, 0.1) is 10.7 Å². The molecule has 0 spiro atoms. The van der Waals surface area contributed by atoms with E-state index in [2.05, 4.69) is 5.32 Å². The van der Waals surface area contributed by atoms with E-state index in [1.54, 1.807) is 12.1 Å². The van der Waals surface area contributed by atoms with Crippen LogP contribution in [-0.4, -0.2) is 5.91 Å². The van der Waals surface area contributed by atoms with Gasteiger partial charge in [0.2, 0.25) is 5.91 Å². The lowest BCUT2D eigenvalue weighted by atomic mass is 10.3. The van der Waals surface area contributed by atoms with Gasteiger partial charge in [-0.25, -0.2) is 0 Å². The molecule has 1 amide bonds. The summed E-state index contributed by atoms with van der Waals surface area (Å²) in [7, 11) is 0. The molecular weight excluding hydrogens is 196 g/mol. The van der Waals surface area contributed by atoms with Gasteiger partial charge in [0.1, 0.15) is 5.40 Å². The van der Waals surface area contributed by atoms with Crippen molar-refractivity contribution in [3.05, 3.63) is 41.8 Å². The fourth-order valence-corrected chi connectivity index (χ4v) is 1.08. The fraction of sp³-hybridized carbons (Fsp3) is 0. The van der Waals surface area contributed by atoms with Crippen LogP contribution in [0.1, 0.15) is 0 Å². The highest BCUT2D eigenvalue weighted by Crippen LogP contribution is 2.05. The molecule has 0 heterocycles. The molecule has 0 radical (unpaired) electrons. The van der Waals surface area contributed by atoms with Gasteiger partial charge in [-0.3, -0.25) is 4.79 Å². The maximum absolute atomic E-state index is 11.2. The van der Waals surface area contributed by atoms with Crippen LogP contribution in [0.15, 0.2) is 41.8 Å². The van der Waals surface area contributed by atoms with Crippen molar-refractivity contribution < 1.29 is 4.79 Å². The summed E-state index contributed by atoms with van der Waals surface area (Å²) in [6.07, 6.45) is 1.32. The Hall–Kier alpha value is -1.73. The number of thioether (sulfide) groups is 1. The van der Waals surface area contributed by atoms with Crippen LogP contribution < -0.4 is 5.32 Å². The summed E-state index contributed by atoms with van der Waals surface area (Å²) in [5, 5.41) is 14.1. The maximum atomic E-state index is 11.2. The zero-order valence-corrected chi connectivity index (χ0v) is 8.12. The average molecular weight is 204 g/mol. The first kappa shape index (κ1) is 10.4. The Bertz CT molecular complexity index is 367. The molecule has 0 saturated heterocycles. The number of nitrogens with one attached hydrogen (secondary N) is 1. The number of nitrogens with zero attached hydrogens (tertiary/aromatic N) is 1. The summed E-state index contributed by atoms with van der Waals surface area (Å²) in [6, 6.07) is 9.14. The number of carbonyl (C=O) groups is 1. The quantitative estimate of drug-likeness (QED) is 0.607. The van der Waals surface area contributed by atoms with Gasteiger partial charge >= 0.3 is 0 Å². The minimum atomic E-state index is -0.237. The largest absolute Gasteiger partial charge is 0.322 e. The number of amides is 1. The second kappa shape index (κ2) is 5.84. The van der Waals surface area contributed by atoms with Crippen LogP contribution in [0.4, 0.5) is 5.69 Å². The number of rotatable bonds is 3. The Labute approximate surface area is 86.4 Å². The van der Waals surface area contributed by atoms with Gasteiger partial charge in [-0.2, -0.15) is 5.26 Å². The van der Waals surface area contributed by atoms with Crippen molar-refractivity contribution in [2.24, 2.45) is 0 Å². The lowest BCUT2D eigenvalue weighted by molar-refractivity contribution is -0.111. The molecule has 1 aromatic rings. The fourth-order valence-electron chi connectivity index (χ4n) is 0.832. The number of carbonyl (C=O) groups excluding carboxylic acids is 1. The van der Waals surface area contributed by atoms with Crippen molar-refractivity contribution in [2.75, 3.05) is 5.32 Å². The van der Waals surface area contributed by atoms with Gasteiger partial charge in [0.25, 0.3) is 0 Å². The van der Waals surface area contributed by atoms with E-state index in [-0.39, 0.29) is 5.91 Å². The summed E-state index contributed by atoms with van der Waals surface area (Å²) in [5.74, 6) is -0.237. The van der Waals surface area contributed by atoms with Crippen LogP contribution in [0.25, 0.3) is 0 Å². The summed E-state index contributed by atoms with van der Waals surface area (Å²) < 4.78 is 0. The zero-order chi connectivity index (χ0) is 10.2. The van der Waals surface area contributed by atoms with E-state index in [0.29, 0.717) is 0 Å². The van der Waals surface area contributed by atoms with Crippen molar-refractivity contribution in [1.29, 1.82) is 5.26 Å². The molecule has 0 bridgehead atoms. The predicted molar refractivity (Wildman–Crippen MR) is 57.4 cm³/mol. The molecule has 0 atom stereocenters. The SMILES string of the molecule is N#CS/C=C\C(=O)Nc1ccccc1. The highest BCUT2D eigenvalue weighted by molar-refractivity contribution is 8.06. The predicted octanol–water partition coefficient (Wildman–Crippen LogP) is 2.35. The van der Waals surface area contributed by atoms with Crippen molar-refractivity contribution in [2.45, 2.75) is 0 Å². The number of hydrogen-bond donors (Lipinski definition) is 1. The molecule has 0 fully saturated rings. The highest BCUT2D eigenvalue weighted by atomic mass is 32.2. The van der Waals surface area contributed by atoms with E-state index in [9.17, 15) is 4.79 Å². The van der Waals surface area contributed by atoms with E-state index >= 15 is 0 Å². The molecule has 3 nitrogen and oxygen atoms in total. The highest BCUT2D eigenvalue weighted by Gasteiger charge is 1.94. The minimum absolute atomic E-state index is 0.237. The third kappa shape index (κ3) is 3.78. The number of nitriles is 1. The van der Waals surface area contributed by atoms with Crippen LogP contribution in [0.5, 0.6) is 0 Å². The Morgan fingerprint density at radius 3 is 2.79 bits per heavy atom. The molecule has 0 aromatic heterocycles. The van der Waals surface area contributed by atoms with Crippen molar-refractivity contribution in [3.63, 3.8) is 0 Å². The Morgan fingerprint density at radius 2 is 2.14 bits per heavy atom. The molecule has 0 aliphatic carbocycles. The van der Waals surface area contributed by atoms with Gasteiger partial charge in [0, 0.05) is 11.8 Å². The molecule has 0 aliphatic rings. The van der Waals surface area contributed by atoms with Gasteiger partial charge < -0.3 is 5.32 Å². The zero-order valence-electron chi connectivity index (χ0n) is 7.31. The van der Waals surface area contributed by atoms with Gasteiger partial charge in [0.05, 0.1) is 0 Å². The second-order valence-corrected chi connectivity index (χ2v) is 3.06. The van der Waals surface area contributed by atoms with Crippen LogP contribution in [0.2, 0.25) is 0 Å². The van der Waals surface area contributed by atoms with E-state index in [0.717, 1.165) is 17.4 Å². The maximum Gasteiger partial charge on any atom is 0.248 e. The smallest absolute Gasteiger partial charge is 0.248 e. The van der Waals surface area contributed by atoms with E-state index < -0.39 is 0 Å². The molecule has 14 heavy (non-hydrogen) atoms. The van der Waals surface area contributed by atoms with Crippen LogP contribution in [-0.2, 0) is 4.79 Å². The third-order valence-electron chi connectivity index (χ3n) is 1.38. The lowest BCUT2D eigenvalue weighted by Crippen LogP contribution is -2.07. The summed E-state index contributed by atoms with van der Waals surface area (Å²) in [4.78, 5) is 11.2. The first-order valence-corrected chi connectivity index (χ1v) is 4.78. The molecule has 0 saturated carbocycles. The number of benzene rings is 1. The summed E-state index contributed by atoms with van der Waals surface area (Å²) in [5.41, 5.74) is 0.740. The van der Waals surface area contributed by atoms with Gasteiger partial charge in [-0.05, 0) is 29.3 Å². The monoisotopic (exact) mass is 204 g/mol. The van der Waals surface area contributed by atoms with Gasteiger partial charge in [-0.15, -0.1) is 0 Å². The summed E-state index contributed by atoms with van der Waals surface area (Å²) in [6.45, 7) is 0. The molecule has 4 heteroatoms. The first-order chi connectivity index (χ1) is 6.83. The van der Waals surface area contributed by atoms with Crippen molar-refractivity contribution in [3.8, 4) is 5.40 Å². The van der Waals surface area contributed by atoms with E-state index in [1.165, 1.54) is 11.5 Å². The minimum Gasteiger partial charge on any atom is -0.322 e. The normalized spacial score (nSPS) is 9.64. The first-order valence-electron chi connectivity index (χ1n) is 3.90. The standard InChI is InChI=1S/C10H8N2OS/c11-8-14-7-6-10(13)12-9-4-2-1-3-5-9/h1-7H,(H,12,13)/b7-6-. The van der Waals surface area contributed by atoms with E-state index in [4.69, 9.17) is 5.26 Å². The van der Waals surface area contributed by atoms with E-state index in [1.807, 2.05) is 23.6 Å². The topological polar surface area (TPSA) is 52.9 Å². The Balaban J connectivity index is 2.47. The Kier molecular flexibility index (Phi) is 4.32. The Morgan fingerprint density at radius 1 is 1.43 bits per heavy atom. The molecule has 0 unspecified atom stereocenters. The van der Waals surface area contributed by atoms with Crippen LogP contribution in [0.3, 0.4) is 0 Å². The number of para-hydroxylation sites is 1. The number of anilines is 1. The summed E-state index contributed by atoms with van der Waals surface area (Å²) >= 11 is 0.911. The third-order valence-corrected chi connectivity index (χ3v) is 1.76. The number of thiocyanates is 1. The average Bonchev–Trinajstić information content (AvgIpc) is 2.20. The number of hydrogen-bond acceptors (Lipinski definition) is 3. The molecule has 70 valence electrons. The lowest BCUT2D eigenvalue weighted by Gasteiger charge is -1.99. The second-order valence-electron chi connectivity index (χ2n) is 2.37. The molecule has 1 rings (SSSR count). The molecule has 1 aromatic carbocycles. The van der Waals surface area contributed by atoms with Gasteiger partial charge in [0.15, 0.2) is 0 Å². The van der Waals surface area contributed by atoms with Gasteiger partial charge in [-0.1, -0.05) is 18.2 Å². The molecule has 0 aliphatic heterocycles.